The van der Waals surface area contributed by atoms with Gasteiger partial charge >= 0.3 is 0 Å². The minimum atomic E-state index is -0.234. The highest BCUT2D eigenvalue weighted by molar-refractivity contribution is 5.92. The highest BCUT2D eigenvalue weighted by atomic mass is 16.1. The van der Waals surface area contributed by atoms with Crippen molar-refractivity contribution in [2.45, 2.75) is 19.9 Å². The summed E-state index contributed by atoms with van der Waals surface area (Å²) < 4.78 is 1.73. The molecule has 0 spiro atoms. The molecule has 1 N–H and O–H groups in total. The third-order valence-corrected chi connectivity index (χ3v) is 1.72. The summed E-state index contributed by atoms with van der Waals surface area (Å²) in [5.74, 6) is 2.10. The molecule has 1 amide bonds. The van der Waals surface area contributed by atoms with Crippen LogP contribution in [0, 0.1) is 12.3 Å². The van der Waals surface area contributed by atoms with Crippen molar-refractivity contribution in [3.8, 4) is 12.3 Å². The monoisotopic (exact) mass is 191 g/mol. The third kappa shape index (κ3) is 2.36. The number of carbonyl (C=O) groups excluding carboxylic acids is 1. The summed E-state index contributed by atoms with van der Waals surface area (Å²) >= 11 is 0. The number of nitrogens with one attached hydrogen (secondary N) is 1. The molecule has 0 atom stereocenters. The van der Waals surface area contributed by atoms with Crippen molar-refractivity contribution in [1.29, 1.82) is 0 Å². The summed E-state index contributed by atoms with van der Waals surface area (Å²) in [5, 5.41) is 6.65. The lowest BCUT2D eigenvalue weighted by Gasteiger charge is -2.03. The van der Waals surface area contributed by atoms with Gasteiger partial charge in [0.2, 0.25) is 0 Å². The van der Waals surface area contributed by atoms with E-state index in [0.29, 0.717) is 5.69 Å². The Morgan fingerprint density at radius 1 is 1.79 bits per heavy atom. The van der Waals surface area contributed by atoms with Crippen molar-refractivity contribution in [3.05, 3.63) is 18.0 Å². The molecular weight excluding hydrogens is 178 g/mol. The molecular formula is C10H13N3O. The van der Waals surface area contributed by atoms with E-state index in [2.05, 4.69) is 16.3 Å². The zero-order chi connectivity index (χ0) is 10.6. The molecule has 4 heteroatoms. The maximum atomic E-state index is 11.4. The Labute approximate surface area is 83.3 Å². The molecule has 1 heterocycles. The Kier molecular flexibility index (Phi) is 3.29. The topological polar surface area (TPSA) is 46.9 Å². The van der Waals surface area contributed by atoms with Gasteiger partial charge in [-0.3, -0.25) is 9.48 Å². The van der Waals surface area contributed by atoms with Crippen LogP contribution in [0.3, 0.4) is 0 Å². The summed E-state index contributed by atoms with van der Waals surface area (Å²) in [6.07, 6.45) is 6.79. The smallest absolute Gasteiger partial charge is 0.272 e. The van der Waals surface area contributed by atoms with Crippen molar-refractivity contribution in [2.75, 3.05) is 6.54 Å². The highest BCUT2D eigenvalue weighted by Crippen LogP contribution is 2.03. The quantitative estimate of drug-likeness (QED) is 0.719. The summed E-state index contributed by atoms with van der Waals surface area (Å²) in [6.45, 7) is 4.22. The van der Waals surface area contributed by atoms with E-state index in [-0.39, 0.29) is 18.5 Å². The maximum Gasteiger partial charge on any atom is 0.272 e. The zero-order valence-electron chi connectivity index (χ0n) is 8.32. The molecule has 0 aliphatic carbocycles. The predicted octanol–water partition coefficient (Wildman–Crippen LogP) is 0.827. The SMILES string of the molecule is C#CCNC(=O)c1ccn(C(C)C)n1. The van der Waals surface area contributed by atoms with Crippen LogP contribution in [0.1, 0.15) is 30.4 Å². The van der Waals surface area contributed by atoms with Gasteiger partial charge in [-0.15, -0.1) is 6.42 Å². The number of terminal acetylenes is 1. The van der Waals surface area contributed by atoms with Crippen LogP contribution in [0.15, 0.2) is 12.3 Å². The minimum absolute atomic E-state index is 0.230. The van der Waals surface area contributed by atoms with E-state index in [1.807, 2.05) is 13.8 Å². The molecule has 14 heavy (non-hydrogen) atoms. The lowest BCUT2D eigenvalue weighted by molar-refractivity contribution is 0.0952. The second-order valence-corrected chi connectivity index (χ2v) is 3.16. The van der Waals surface area contributed by atoms with Gasteiger partial charge in [-0.1, -0.05) is 5.92 Å². The van der Waals surface area contributed by atoms with Crippen LogP contribution in [-0.4, -0.2) is 22.2 Å². The summed E-state index contributed by atoms with van der Waals surface area (Å²) in [7, 11) is 0. The lowest BCUT2D eigenvalue weighted by Crippen LogP contribution is -2.24. The molecule has 0 unspecified atom stereocenters. The molecule has 1 aromatic heterocycles. The standard InChI is InChI=1S/C10H13N3O/c1-4-6-11-10(14)9-5-7-13(12-9)8(2)3/h1,5,7-8H,6H2,2-3H3,(H,11,14). The Hall–Kier alpha value is -1.76. The van der Waals surface area contributed by atoms with Gasteiger partial charge in [-0.05, 0) is 19.9 Å². The number of hydrogen-bond donors (Lipinski definition) is 1. The van der Waals surface area contributed by atoms with Crippen LogP contribution >= 0.6 is 0 Å². The number of hydrogen-bond acceptors (Lipinski definition) is 2. The molecule has 0 fully saturated rings. The fraction of sp³-hybridized carbons (Fsp3) is 0.400. The van der Waals surface area contributed by atoms with Gasteiger partial charge in [0.05, 0.1) is 6.54 Å². The molecule has 0 aromatic carbocycles. The summed E-state index contributed by atoms with van der Waals surface area (Å²) in [4.78, 5) is 11.4. The Morgan fingerprint density at radius 3 is 3.00 bits per heavy atom. The summed E-state index contributed by atoms with van der Waals surface area (Å²) in [5.41, 5.74) is 0.397. The van der Waals surface area contributed by atoms with Gasteiger partial charge in [0.15, 0.2) is 0 Å². The maximum absolute atomic E-state index is 11.4. The molecule has 0 saturated heterocycles. The van der Waals surface area contributed by atoms with Gasteiger partial charge in [0.1, 0.15) is 5.69 Å². The van der Waals surface area contributed by atoms with Crippen LogP contribution < -0.4 is 5.32 Å². The second kappa shape index (κ2) is 4.47. The number of nitrogens with zero attached hydrogens (tertiary/aromatic N) is 2. The number of amides is 1. The molecule has 1 rings (SSSR count). The van der Waals surface area contributed by atoms with E-state index in [1.54, 1.807) is 16.9 Å². The first-order valence-electron chi connectivity index (χ1n) is 4.42. The predicted molar refractivity (Wildman–Crippen MR) is 53.8 cm³/mol. The van der Waals surface area contributed by atoms with Crippen molar-refractivity contribution >= 4 is 5.91 Å². The third-order valence-electron chi connectivity index (χ3n) is 1.72. The first kappa shape index (κ1) is 10.3. The zero-order valence-corrected chi connectivity index (χ0v) is 8.32. The van der Waals surface area contributed by atoms with Crippen LogP contribution in [0.5, 0.6) is 0 Å². The Morgan fingerprint density at radius 2 is 2.50 bits per heavy atom. The van der Waals surface area contributed by atoms with Crippen molar-refractivity contribution < 1.29 is 4.79 Å². The first-order chi connectivity index (χ1) is 6.65. The average Bonchev–Trinajstić information content (AvgIpc) is 2.62. The van der Waals surface area contributed by atoms with E-state index in [4.69, 9.17) is 6.42 Å². The van der Waals surface area contributed by atoms with E-state index in [0.717, 1.165) is 0 Å². The normalized spacial score (nSPS) is 9.86. The molecule has 0 aliphatic rings. The minimum Gasteiger partial charge on any atom is -0.340 e. The van der Waals surface area contributed by atoms with E-state index < -0.39 is 0 Å². The van der Waals surface area contributed by atoms with Crippen molar-refractivity contribution in [1.82, 2.24) is 15.1 Å². The first-order valence-corrected chi connectivity index (χ1v) is 4.42. The van der Waals surface area contributed by atoms with Gasteiger partial charge in [0, 0.05) is 12.2 Å². The fourth-order valence-electron chi connectivity index (χ4n) is 0.969. The van der Waals surface area contributed by atoms with Crippen LogP contribution in [0.25, 0.3) is 0 Å². The fourth-order valence-corrected chi connectivity index (χ4v) is 0.969. The second-order valence-electron chi connectivity index (χ2n) is 3.16. The molecule has 0 radical (unpaired) electrons. The Balaban J connectivity index is 2.68. The summed E-state index contributed by atoms with van der Waals surface area (Å²) in [6, 6.07) is 1.93. The number of aromatic nitrogens is 2. The van der Waals surface area contributed by atoms with Gasteiger partial charge < -0.3 is 5.32 Å². The van der Waals surface area contributed by atoms with Gasteiger partial charge in [0.25, 0.3) is 5.91 Å². The largest absolute Gasteiger partial charge is 0.340 e. The van der Waals surface area contributed by atoms with E-state index >= 15 is 0 Å². The lowest BCUT2D eigenvalue weighted by atomic mass is 10.4. The molecule has 1 aromatic rings. The van der Waals surface area contributed by atoms with Crippen molar-refractivity contribution in [3.63, 3.8) is 0 Å². The average molecular weight is 191 g/mol. The van der Waals surface area contributed by atoms with Gasteiger partial charge in [-0.25, -0.2) is 0 Å². The number of carbonyl (C=O) groups is 1. The van der Waals surface area contributed by atoms with E-state index in [1.165, 1.54) is 0 Å². The molecule has 0 saturated carbocycles. The van der Waals surface area contributed by atoms with Crippen LogP contribution in [-0.2, 0) is 0 Å². The highest BCUT2D eigenvalue weighted by Gasteiger charge is 2.08. The number of rotatable bonds is 3. The molecule has 4 nitrogen and oxygen atoms in total. The van der Waals surface area contributed by atoms with Crippen LogP contribution in [0.4, 0.5) is 0 Å². The molecule has 74 valence electrons. The van der Waals surface area contributed by atoms with Crippen LogP contribution in [0.2, 0.25) is 0 Å². The van der Waals surface area contributed by atoms with E-state index in [9.17, 15) is 4.79 Å². The molecule has 0 aliphatic heterocycles. The Bertz CT molecular complexity index is 360. The van der Waals surface area contributed by atoms with Crippen molar-refractivity contribution in [2.24, 2.45) is 0 Å². The molecule has 0 bridgehead atoms. The van der Waals surface area contributed by atoms with Gasteiger partial charge in [-0.2, -0.15) is 5.10 Å².